The Balaban J connectivity index is 1.61. The number of hydrogen-bond acceptors (Lipinski definition) is 5. The van der Waals surface area contributed by atoms with Crippen molar-refractivity contribution in [2.24, 2.45) is 0 Å². The number of aldehydes is 1. The molecule has 0 aliphatic heterocycles. The van der Waals surface area contributed by atoms with Crippen molar-refractivity contribution in [2.75, 3.05) is 16.4 Å². The van der Waals surface area contributed by atoms with Crippen LogP contribution >= 0.6 is 0 Å². The second-order valence-electron chi connectivity index (χ2n) is 7.09. The summed E-state index contributed by atoms with van der Waals surface area (Å²) in [4.78, 5) is 31.1. The SMILES string of the molecule is [C-]#[N+]c1c(-c2ccc(NC(=O)Nc3cc(C(F)(F)F)ccc3F)cc2)c2c(N)ncnn2c1C=O. The Morgan fingerprint density at radius 1 is 1.14 bits per heavy atom. The summed E-state index contributed by atoms with van der Waals surface area (Å²) in [6.45, 7) is 7.49. The number of nitrogens with one attached hydrogen (secondary N) is 2. The number of benzene rings is 2. The van der Waals surface area contributed by atoms with Crippen LogP contribution in [0.15, 0.2) is 48.8 Å². The Morgan fingerprint density at radius 3 is 2.49 bits per heavy atom. The molecular formula is C22H13F4N7O2. The van der Waals surface area contributed by atoms with Gasteiger partial charge >= 0.3 is 12.2 Å². The zero-order valence-corrected chi connectivity index (χ0v) is 17.4. The van der Waals surface area contributed by atoms with Crippen LogP contribution < -0.4 is 16.4 Å². The standard InChI is InChI=1S/C22H13F4N7O2/c1-28-18-16(9-34)33-19(20(27)29-10-30-33)17(18)11-2-5-13(6-3-11)31-21(35)32-15-8-12(22(24,25)26)4-7-14(15)23/h2-10H,(H2,27,29,30)(H2,31,32,35). The highest BCUT2D eigenvalue weighted by Gasteiger charge is 2.31. The average molecular weight is 483 g/mol. The van der Waals surface area contributed by atoms with E-state index in [1.807, 2.05) is 5.32 Å². The van der Waals surface area contributed by atoms with E-state index >= 15 is 0 Å². The Hall–Kier alpha value is -4.99. The summed E-state index contributed by atoms with van der Waals surface area (Å²) in [6.07, 6.45) is -3.09. The molecule has 0 unspecified atom stereocenters. The molecule has 0 saturated heterocycles. The van der Waals surface area contributed by atoms with Gasteiger partial charge in [0.15, 0.2) is 12.1 Å². The van der Waals surface area contributed by atoms with Gasteiger partial charge in [-0.15, -0.1) is 0 Å². The molecule has 2 aromatic heterocycles. The average Bonchev–Trinajstić information content (AvgIpc) is 3.15. The minimum absolute atomic E-state index is 0.00525. The highest BCUT2D eigenvalue weighted by atomic mass is 19.4. The number of hydrogen-bond donors (Lipinski definition) is 3. The van der Waals surface area contributed by atoms with Gasteiger partial charge in [-0.1, -0.05) is 12.1 Å². The zero-order valence-electron chi connectivity index (χ0n) is 17.4. The lowest BCUT2D eigenvalue weighted by molar-refractivity contribution is -0.137. The van der Waals surface area contributed by atoms with E-state index in [0.717, 1.165) is 6.33 Å². The second-order valence-corrected chi connectivity index (χ2v) is 7.09. The van der Waals surface area contributed by atoms with Crippen LogP contribution in [0, 0.1) is 12.4 Å². The van der Waals surface area contributed by atoms with Gasteiger partial charge in [-0.2, -0.15) is 18.3 Å². The highest BCUT2D eigenvalue weighted by Crippen LogP contribution is 2.40. The highest BCUT2D eigenvalue weighted by molar-refractivity contribution is 6.04. The van der Waals surface area contributed by atoms with Gasteiger partial charge in [0.1, 0.15) is 23.4 Å². The molecule has 13 heteroatoms. The number of alkyl halides is 3. The summed E-state index contributed by atoms with van der Waals surface area (Å²) in [5.41, 5.74) is 5.41. The second kappa shape index (κ2) is 8.75. The van der Waals surface area contributed by atoms with E-state index in [2.05, 4.69) is 20.2 Å². The summed E-state index contributed by atoms with van der Waals surface area (Å²) in [5.74, 6) is -1.00. The molecule has 0 aliphatic rings. The third kappa shape index (κ3) is 4.32. The number of amides is 2. The van der Waals surface area contributed by atoms with Crippen molar-refractivity contribution < 1.29 is 27.2 Å². The quantitative estimate of drug-likeness (QED) is 0.211. The topological polar surface area (TPSA) is 119 Å². The first kappa shape index (κ1) is 23.2. The van der Waals surface area contributed by atoms with Crippen molar-refractivity contribution in [1.29, 1.82) is 0 Å². The number of urea groups is 1. The molecule has 0 spiro atoms. The minimum atomic E-state index is -4.71. The molecule has 0 fully saturated rings. The molecule has 2 aromatic carbocycles. The largest absolute Gasteiger partial charge is 0.416 e. The predicted molar refractivity (Wildman–Crippen MR) is 119 cm³/mol. The molecule has 9 nitrogen and oxygen atoms in total. The number of rotatable bonds is 4. The Bertz CT molecular complexity index is 1510. The van der Waals surface area contributed by atoms with Crippen LogP contribution in [0.3, 0.4) is 0 Å². The molecule has 4 rings (SSSR count). The normalized spacial score (nSPS) is 11.2. The van der Waals surface area contributed by atoms with Crippen molar-refractivity contribution in [2.45, 2.75) is 6.18 Å². The van der Waals surface area contributed by atoms with Gasteiger partial charge < -0.3 is 16.4 Å². The zero-order chi connectivity index (χ0) is 25.3. The molecule has 0 bridgehead atoms. The van der Waals surface area contributed by atoms with Crippen molar-refractivity contribution in [3.63, 3.8) is 0 Å². The fourth-order valence-corrected chi connectivity index (χ4v) is 3.42. The number of nitrogen functional groups attached to an aromatic ring is 1. The van der Waals surface area contributed by atoms with Gasteiger partial charge in [0.25, 0.3) is 0 Å². The lowest BCUT2D eigenvalue weighted by Crippen LogP contribution is -2.20. The summed E-state index contributed by atoms with van der Waals surface area (Å²) in [6, 6.07) is 6.59. The fourth-order valence-electron chi connectivity index (χ4n) is 3.42. The molecule has 4 N–H and O–H groups in total. The first-order valence-electron chi connectivity index (χ1n) is 9.67. The predicted octanol–water partition coefficient (Wildman–Crippen LogP) is 5.14. The first-order valence-corrected chi connectivity index (χ1v) is 9.67. The van der Waals surface area contributed by atoms with E-state index in [9.17, 15) is 27.2 Å². The number of nitrogens with two attached hydrogens (primary N) is 1. The lowest BCUT2D eigenvalue weighted by Gasteiger charge is -2.12. The maximum Gasteiger partial charge on any atom is 0.416 e. The van der Waals surface area contributed by atoms with E-state index < -0.39 is 29.3 Å². The molecule has 4 aromatic rings. The van der Waals surface area contributed by atoms with Crippen LogP contribution in [0.1, 0.15) is 16.1 Å². The van der Waals surface area contributed by atoms with Crippen molar-refractivity contribution in [3.05, 3.63) is 77.3 Å². The minimum Gasteiger partial charge on any atom is -0.382 e. The third-order valence-corrected chi connectivity index (χ3v) is 4.96. The Labute approximate surface area is 194 Å². The molecule has 2 heterocycles. The van der Waals surface area contributed by atoms with Gasteiger partial charge in [0, 0.05) is 11.3 Å². The van der Waals surface area contributed by atoms with Gasteiger partial charge in [-0.3, -0.25) is 4.79 Å². The Kier molecular flexibility index (Phi) is 5.79. The summed E-state index contributed by atoms with van der Waals surface area (Å²) in [5, 5.41) is 8.39. The van der Waals surface area contributed by atoms with Crippen LogP contribution in [-0.4, -0.2) is 26.9 Å². The Morgan fingerprint density at radius 2 is 1.86 bits per heavy atom. The summed E-state index contributed by atoms with van der Waals surface area (Å²) in [7, 11) is 0. The van der Waals surface area contributed by atoms with Crippen LogP contribution in [0.2, 0.25) is 0 Å². The first-order chi connectivity index (χ1) is 16.6. The van der Waals surface area contributed by atoms with Crippen LogP contribution in [0.5, 0.6) is 0 Å². The van der Waals surface area contributed by atoms with Crippen LogP contribution in [0.4, 0.5) is 45.2 Å². The van der Waals surface area contributed by atoms with Crippen molar-refractivity contribution >= 4 is 40.7 Å². The number of carbonyl (C=O) groups excluding carboxylic acids is 2. The lowest BCUT2D eigenvalue weighted by atomic mass is 10.0. The third-order valence-electron chi connectivity index (χ3n) is 4.96. The van der Waals surface area contributed by atoms with Gasteiger partial charge in [0.2, 0.25) is 5.69 Å². The molecule has 35 heavy (non-hydrogen) atoms. The number of aromatic nitrogens is 3. The van der Waals surface area contributed by atoms with Crippen molar-refractivity contribution in [1.82, 2.24) is 14.6 Å². The van der Waals surface area contributed by atoms with E-state index in [-0.39, 0.29) is 28.4 Å². The molecule has 0 atom stereocenters. The number of anilines is 3. The maximum atomic E-state index is 13.9. The number of halogens is 4. The van der Waals surface area contributed by atoms with Gasteiger partial charge in [-0.25, -0.2) is 23.5 Å². The molecular weight excluding hydrogens is 470 g/mol. The van der Waals surface area contributed by atoms with Crippen LogP contribution in [-0.2, 0) is 6.18 Å². The number of nitrogens with zero attached hydrogens (tertiary/aromatic N) is 4. The van der Waals surface area contributed by atoms with E-state index in [1.165, 1.54) is 28.8 Å². The monoisotopic (exact) mass is 483 g/mol. The van der Waals surface area contributed by atoms with Gasteiger partial charge in [0.05, 0.1) is 17.8 Å². The van der Waals surface area contributed by atoms with Gasteiger partial charge in [-0.05, 0) is 35.9 Å². The molecule has 2 amide bonds. The smallest absolute Gasteiger partial charge is 0.382 e. The maximum absolute atomic E-state index is 13.9. The number of carbonyl (C=O) groups is 2. The molecule has 0 radical (unpaired) electrons. The molecule has 0 aliphatic carbocycles. The van der Waals surface area contributed by atoms with E-state index in [1.54, 1.807) is 0 Å². The van der Waals surface area contributed by atoms with E-state index in [4.69, 9.17) is 12.3 Å². The van der Waals surface area contributed by atoms with Crippen LogP contribution in [0.25, 0.3) is 21.5 Å². The van der Waals surface area contributed by atoms with E-state index in [0.29, 0.717) is 35.6 Å². The van der Waals surface area contributed by atoms with Crippen molar-refractivity contribution in [3.8, 4) is 11.1 Å². The number of fused-ring (bicyclic) bond motifs is 1. The molecule has 0 saturated carbocycles. The fraction of sp³-hybridized carbons (Fsp3) is 0.0455. The summed E-state index contributed by atoms with van der Waals surface area (Å²) >= 11 is 0. The summed E-state index contributed by atoms with van der Waals surface area (Å²) < 4.78 is 53.7. The molecule has 176 valence electrons.